The van der Waals surface area contributed by atoms with E-state index in [0.717, 1.165) is 19.3 Å². The molecule has 5 nitrogen and oxygen atoms in total. The van der Waals surface area contributed by atoms with E-state index in [0.29, 0.717) is 12.0 Å². The fourth-order valence-electron chi connectivity index (χ4n) is 3.47. The third kappa shape index (κ3) is 3.51. The molecule has 5 heteroatoms. The Bertz CT molecular complexity index is 370. The fraction of sp³-hybridized carbons (Fsp3) is 0.867. The van der Waals surface area contributed by atoms with Crippen molar-refractivity contribution in [2.45, 2.75) is 70.5 Å². The molecule has 2 aliphatic rings. The minimum atomic E-state index is -0.959. The van der Waals surface area contributed by atoms with Gasteiger partial charge in [0.1, 0.15) is 6.04 Å². The van der Waals surface area contributed by atoms with Crippen LogP contribution >= 0.6 is 0 Å². The summed E-state index contributed by atoms with van der Waals surface area (Å²) in [5.74, 6) is -0.523. The first-order valence-corrected chi connectivity index (χ1v) is 7.78. The minimum Gasteiger partial charge on any atom is -0.480 e. The molecule has 0 radical (unpaired) electrons. The Hall–Kier alpha value is -1.10. The average Bonchev–Trinajstić information content (AvgIpc) is 2.43. The van der Waals surface area contributed by atoms with Crippen LogP contribution < -0.4 is 10.6 Å². The predicted molar refractivity (Wildman–Crippen MR) is 76.3 cm³/mol. The van der Waals surface area contributed by atoms with Gasteiger partial charge in [-0.3, -0.25) is 4.79 Å². The second-order valence-corrected chi connectivity index (χ2v) is 6.52. The summed E-state index contributed by atoms with van der Waals surface area (Å²) in [6.07, 6.45) is 6.82. The topological polar surface area (TPSA) is 78.4 Å². The zero-order chi connectivity index (χ0) is 14.7. The molecule has 0 aromatic heterocycles. The molecule has 114 valence electrons. The molecule has 1 heterocycles. The lowest BCUT2D eigenvalue weighted by Gasteiger charge is -2.40. The van der Waals surface area contributed by atoms with E-state index in [1.807, 2.05) is 13.8 Å². The van der Waals surface area contributed by atoms with E-state index >= 15 is 0 Å². The second-order valence-electron chi connectivity index (χ2n) is 6.52. The molecule has 1 saturated heterocycles. The number of fused-ring (bicyclic) bond motifs is 1. The molecule has 3 unspecified atom stereocenters. The smallest absolute Gasteiger partial charge is 0.326 e. The van der Waals surface area contributed by atoms with Crippen molar-refractivity contribution in [3.8, 4) is 0 Å². The summed E-state index contributed by atoms with van der Waals surface area (Å²) in [6, 6.07) is -0.584. The van der Waals surface area contributed by atoms with Crippen molar-refractivity contribution in [3.05, 3.63) is 0 Å². The third-order valence-corrected chi connectivity index (χ3v) is 4.70. The second kappa shape index (κ2) is 6.57. The number of carboxylic acid groups (broad SMARTS) is 1. The number of carbonyl (C=O) groups excluding carboxylic acids is 1. The van der Waals surface area contributed by atoms with Crippen molar-refractivity contribution in [1.82, 2.24) is 10.6 Å². The van der Waals surface area contributed by atoms with Gasteiger partial charge >= 0.3 is 5.97 Å². The molecule has 0 aromatic carbocycles. The SMILES string of the molecule is CC(C)[C@H](NC(=O)C1CCC2CCCCC2N1)C(=O)O. The van der Waals surface area contributed by atoms with Crippen LogP contribution in [-0.4, -0.2) is 35.1 Å². The van der Waals surface area contributed by atoms with Crippen molar-refractivity contribution < 1.29 is 14.7 Å². The van der Waals surface area contributed by atoms with Gasteiger partial charge < -0.3 is 15.7 Å². The predicted octanol–water partition coefficient (Wildman–Crippen LogP) is 1.52. The van der Waals surface area contributed by atoms with E-state index in [4.69, 9.17) is 5.11 Å². The molecule has 1 aliphatic carbocycles. The molecule has 3 N–H and O–H groups in total. The zero-order valence-electron chi connectivity index (χ0n) is 12.4. The Morgan fingerprint density at radius 2 is 1.85 bits per heavy atom. The summed E-state index contributed by atoms with van der Waals surface area (Å²) in [7, 11) is 0. The maximum atomic E-state index is 12.3. The molecule has 0 bridgehead atoms. The minimum absolute atomic E-state index is 0.109. The van der Waals surface area contributed by atoms with Gasteiger partial charge in [-0.15, -0.1) is 0 Å². The highest BCUT2D eigenvalue weighted by Gasteiger charge is 2.35. The van der Waals surface area contributed by atoms with E-state index in [1.165, 1.54) is 19.3 Å². The number of carboxylic acids is 1. The van der Waals surface area contributed by atoms with Crippen molar-refractivity contribution in [3.63, 3.8) is 0 Å². The summed E-state index contributed by atoms with van der Waals surface area (Å²) in [6.45, 7) is 3.62. The van der Waals surface area contributed by atoms with Crippen LogP contribution in [0.5, 0.6) is 0 Å². The van der Waals surface area contributed by atoms with Crippen molar-refractivity contribution >= 4 is 11.9 Å². The number of piperidine rings is 1. The van der Waals surface area contributed by atoms with Crippen LogP contribution in [0.25, 0.3) is 0 Å². The highest BCUT2D eigenvalue weighted by molar-refractivity contribution is 5.87. The number of carbonyl (C=O) groups is 2. The molecule has 4 atom stereocenters. The largest absolute Gasteiger partial charge is 0.480 e. The lowest BCUT2D eigenvalue weighted by atomic mass is 9.77. The summed E-state index contributed by atoms with van der Waals surface area (Å²) in [4.78, 5) is 23.4. The van der Waals surface area contributed by atoms with Crippen LogP contribution in [-0.2, 0) is 9.59 Å². The van der Waals surface area contributed by atoms with E-state index in [9.17, 15) is 9.59 Å². The quantitative estimate of drug-likeness (QED) is 0.730. The molecule has 20 heavy (non-hydrogen) atoms. The van der Waals surface area contributed by atoms with Gasteiger partial charge in [0.2, 0.25) is 5.91 Å². The molecule has 2 fully saturated rings. The summed E-state index contributed by atoms with van der Waals surface area (Å²) in [5.41, 5.74) is 0. The zero-order valence-corrected chi connectivity index (χ0v) is 12.4. The van der Waals surface area contributed by atoms with Crippen molar-refractivity contribution in [2.75, 3.05) is 0 Å². The van der Waals surface area contributed by atoms with Gasteiger partial charge in [-0.1, -0.05) is 26.7 Å². The first-order chi connectivity index (χ1) is 9.49. The van der Waals surface area contributed by atoms with E-state index in [2.05, 4.69) is 10.6 Å². The highest BCUT2D eigenvalue weighted by Crippen LogP contribution is 2.32. The lowest BCUT2D eigenvalue weighted by Crippen LogP contribution is -2.57. The Morgan fingerprint density at radius 3 is 2.50 bits per heavy atom. The Kier molecular flexibility index (Phi) is 5.02. The summed E-state index contributed by atoms with van der Waals surface area (Å²) in [5, 5.41) is 15.3. The van der Waals surface area contributed by atoms with Crippen LogP contribution in [0.15, 0.2) is 0 Å². The Balaban J connectivity index is 1.91. The van der Waals surface area contributed by atoms with Crippen LogP contribution in [0.1, 0.15) is 52.4 Å². The molecule has 2 rings (SSSR count). The van der Waals surface area contributed by atoms with Crippen molar-refractivity contribution in [1.29, 1.82) is 0 Å². The van der Waals surface area contributed by atoms with Gasteiger partial charge in [-0.25, -0.2) is 4.79 Å². The van der Waals surface area contributed by atoms with Crippen LogP contribution in [0, 0.1) is 11.8 Å². The van der Waals surface area contributed by atoms with Gasteiger partial charge in [0.05, 0.1) is 6.04 Å². The number of nitrogens with one attached hydrogen (secondary N) is 2. The molecule has 0 aromatic rings. The molecule has 0 spiro atoms. The molecule has 1 amide bonds. The monoisotopic (exact) mass is 282 g/mol. The maximum absolute atomic E-state index is 12.3. The summed E-state index contributed by atoms with van der Waals surface area (Å²) < 4.78 is 0. The van der Waals surface area contributed by atoms with E-state index < -0.39 is 12.0 Å². The fourth-order valence-corrected chi connectivity index (χ4v) is 3.47. The Morgan fingerprint density at radius 1 is 1.15 bits per heavy atom. The molecular weight excluding hydrogens is 256 g/mol. The average molecular weight is 282 g/mol. The Labute approximate surface area is 120 Å². The molecular formula is C15H26N2O3. The van der Waals surface area contributed by atoms with Gasteiger partial charge in [0.25, 0.3) is 0 Å². The normalized spacial score (nSPS) is 31.4. The van der Waals surface area contributed by atoms with Crippen LogP contribution in [0.3, 0.4) is 0 Å². The molecule has 1 aliphatic heterocycles. The highest BCUT2D eigenvalue weighted by atomic mass is 16.4. The maximum Gasteiger partial charge on any atom is 0.326 e. The first-order valence-electron chi connectivity index (χ1n) is 7.78. The van der Waals surface area contributed by atoms with Crippen LogP contribution in [0.4, 0.5) is 0 Å². The van der Waals surface area contributed by atoms with Gasteiger partial charge in [0.15, 0.2) is 0 Å². The van der Waals surface area contributed by atoms with Gasteiger partial charge in [0, 0.05) is 6.04 Å². The number of rotatable bonds is 4. The van der Waals surface area contributed by atoms with E-state index in [1.54, 1.807) is 0 Å². The molecule has 1 saturated carbocycles. The van der Waals surface area contributed by atoms with E-state index in [-0.39, 0.29) is 17.9 Å². The number of hydrogen-bond donors (Lipinski definition) is 3. The number of amides is 1. The summed E-state index contributed by atoms with van der Waals surface area (Å²) >= 11 is 0. The number of hydrogen-bond acceptors (Lipinski definition) is 3. The standard InChI is InChI=1S/C15H26N2O3/c1-9(2)13(15(19)20)17-14(18)12-8-7-10-5-3-4-6-11(10)16-12/h9-13,16H,3-8H2,1-2H3,(H,17,18)(H,19,20)/t10?,11?,12?,13-/m0/s1. The lowest BCUT2D eigenvalue weighted by molar-refractivity contribution is -0.143. The number of aliphatic carboxylic acids is 1. The third-order valence-electron chi connectivity index (χ3n) is 4.70. The van der Waals surface area contributed by atoms with Crippen LogP contribution in [0.2, 0.25) is 0 Å². The van der Waals surface area contributed by atoms with Crippen molar-refractivity contribution in [2.24, 2.45) is 11.8 Å². The van der Waals surface area contributed by atoms with Gasteiger partial charge in [-0.05, 0) is 37.5 Å². The first kappa shape index (κ1) is 15.3. The van der Waals surface area contributed by atoms with Gasteiger partial charge in [-0.2, -0.15) is 0 Å².